The van der Waals surface area contributed by atoms with E-state index in [1.165, 1.54) is 31.4 Å². The van der Waals surface area contributed by atoms with Crippen LogP contribution in [0.25, 0.3) is 0 Å². The van der Waals surface area contributed by atoms with Crippen LogP contribution in [0.3, 0.4) is 0 Å². The molecular weight excluding hydrogens is 390 g/mol. The van der Waals surface area contributed by atoms with Crippen molar-refractivity contribution >= 4 is 11.7 Å². The molecule has 30 heavy (non-hydrogen) atoms. The van der Waals surface area contributed by atoms with Gasteiger partial charge in [-0.05, 0) is 37.1 Å². The molecule has 1 amide bonds. The Balaban J connectivity index is 1.81. The molecule has 0 spiro atoms. The summed E-state index contributed by atoms with van der Waals surface area (Å²) >= 11 is 0. The first-order valence-electron chi connectivity index (χ1n) is 9.71. The van der Waals surface area contributed by atoms with Crippen molar-refractivity contribution in [3.63, 3.8) is 0 Å². The number of hydrogen-bond acceptors (Lipinski definition) is 7. The van der Waals surface area contributed by atoms with Crippen molar-refractivity contribution in [1.29, 1.82) is 0 Å². The highest BCUT2D eigenvalue weighted by Crippen LogP contribution is 2.43. The number of aliphatic hydroxyl groups is 1. The second kappa shape index (κ2) is 8.23. The van der Waals surface area contributed by atoms with E-state index in [-0.39, 0.29) is 24.0 Å². The number of Topliss-reactive ketones (excluding diaryl/α,β-unsaturated/α-hetero) is 1. The molecule has 0 unspecified atom stereocenters. The van der Waals surface area contributed by atoms with Crippen molar-refractivity contribution in [1.82, 2.24) is 4.90 Å². The van der Waals surface area contributed by atoms with Gasteiger partial charge < -0.3 is 28.6 Å². The third-order valence-electron chi connectivity index (χ3n) is 5.45. The molecule has 0 saturated carbocycles. The first-order chi connectivity index (χ1) is 14.5. The minimum atomic E-state index is -0.847. The zero-order chi connectivity index (χ0) is 21.3. The molecule has 158 valence electrons. The number of amides is 1. The van der Waals surface area contributed by atoms with Crippen LogP contribution in [0.4, 0.5) is 0 Å². The summed E-state index contributed by atoms with van der Waals surface area (Å²) in [7, 11) is 3.03. The van der Waals surface area contributed by atoms with Crippen LogP contribution in [0.2, 0.25) is 0 Å². The smallest absolute Gasteiger partial charge is 0.290 e. The summed E-state index contributed by atoms with van der Waals surface area (Å²) in [6.45, 7) is 0.874. The van der Waals surface area contributed by atoms with Gasteiger partial charge in [-0.3, -0.25) is 9.59 Å². The Morgan fingerprint density at radius 2 is 2.10 bits per heavy atom. The van der Waals surface area contributed by atoms with Crippen molar-refractivity contribution in [2.45, 2.75) is 25.0 Å². The van der Waals surface area contributed by atoms with Gasteiger partial charge in [-0.15, -0.1) is 0 Å². The number of benzene rings is 1. The Morgan fingerprint density at radius 1 is 1.27 bits per heavy atom. The number of aliphatic hydroxyl groups excluding tert-OH is 1. The second-order valence-corrected chi connectivity index (χ2v) is 7.17. The van der Waals surface area contributed by atoms with Gasteiger partial charge in [0.1, 0.15) is 11.5 Å². The maximum absolute atomic E-state index is 13.2. The van der Waals surface area contributed by atoms with E-state index in [0.29, 0.717) is 23.7 Å². The third-order valence-corrected chi connectivity index (χ3v) is 5.45. The Bertz CT molecular complexity index is 973. The van der Waals surface area contributed by atoms with E-state index in [9.17, 15) is 14.7 Å². The van der Waals surface area contributed by atoms with Crippen LogP contribution in [0, 0.1) is 0 Å². The summed E-state index contributed by atoms with van der Waals surface area (Å²) in [5, 5.41) is 10.7. The highest BCUT2D eigenvalue weighted by Gasteiger charge is 2.46. The molecule has 0 aliphatic carbocycles. The predicted molar refractivity (Wildman–Crippen MR) is 106 cm³/mol. The highest BCUT2D eigenvalue weighted by molar-refractivity contribution is 6.15. The lowest BCUT2D eigenvalue weighted by Crippen LogP contribution is -2.37. The van der Waals surface area contributed by atoms with E-state index >= 15 is 0 Å². The summed E-state index contributed by atoms with van der Waals surface area (Å²) in [6.07, 6.45) is 2.92. The van der Waals surface area contributed by atoms with Crippen LogP contribution < -0.4 is 9.47 Å². The minimum absolute atomic E-state index is 0.0424. The number of ether oxygens (including phenoxy) is 3. The molecule has 4 rings (SSSR count). The molecule has 2 atom stereocenters. The molecule has 0 radical (unpaired) electrons. The van der Waals surface area contributed by atoms with Crippen LogP contribution in [-0.2, 0) is 9.53 Å². The summed E-state index contributed by atoms with van der Waals surface area (Å²) < 4.78 is 21.7. The first kappa shape index (κ1) is 20.0. The van der Waals surface area contributed by atoms with Crippen LogP contribution >= 0.6 is 0 Å². The number of furan rings is 1. The molecular formula is C22H23NO7. The second-order valence-electron chi connectivity index (χ2n) is 7.17. The van der Waals surface area contributed by atoms with Crippen molar-refractivity contribution in [3.8, 4) is 11.5 Å². The fourth-order valence-corrected chi connectivity index (χ4v) is 3.99. The third kappa shape index (κ3) is 3.43. The van der Waals surface area contributed by atoms with Crippen molar-refractivity contribution in [2.75, 3.05) is 27.4 Å². The van der Waals surface area contributed by atoms with Gasteiger partial charge in [-0.2, -0.15) is 0 Å². The van der Waals surface area contributed by atoms with Gasteiger partial charge in [0.15, 0.2) is 11.5 Å². The molecule has 8 nitrogen and oxygen atoms in total. The van der Waals surface area contributed by atoms with Crippen molar-refractivity contribution < 1.29 is 33.3 Å². The number of nitrogens with zero attached hydrogens (tertiary/aromatic N) is 1. The van der Waals surface area contributed by atoms with E-state index in [1.54, 1.807) is 24.3 Å². The minimum Gasteiger partial charge on any atom is -0.503 e. The van der Waals surface area contributed by atoms with Crippen LogP contribution in [0.5, 0.6) is 11.5 Å². The summed E-state index contributed by atoms with van der Waals surface area (Å²) in [4.78, 5) is 27.6. The Morgan fingerprint density at radius 3 is 2.73 bits per heavy atom. The van der Waals surface area contributed by atoms with Crippen LogP contribution in [0.1, 0.15) is 35.0 Å². The average molecular weight is 413 g/mol. The monoisotopic (exact) mass is 413 g/mol. The Hall–Kier alpha value is -3.26. The van der Waals surface area contributed by atoms with Gasteiger partial charge >= 0.3 is 0 Å². The Kier molecular flexibility index (Phi) is 5.50. The number of carbonyl (C=O) groups excluding carboxylic acids is 2. The normalized spacial score (nSPS) is 21.4. The van der Waals surface area contributed by atoms with Crippen molar-refractivity contribution in [2.24, 2.45) is 0 Å². The molecule has 2 aromatic rings. The quantitative estimate of drug-likeness (QED) is 0.697. The molecule has 3 heterocycles. The number of rotatable bonds is 7. The largest absolute Gasteiger partial charge is 0.503 e. The molecule has 1 saturated heterocycles. The van der Waals surface area contributed by atoms with Gasteiger partial charge in [0, 0.05) is 24.8 Å². The topological polar surface area (TPSA) is 98.4 Å². The van der Waals surface area contributed by atoms with E-state index in [0.717, 1.165) is 12.8 Å². The number of hydrogen-bond donors (Lipinski definition) is 1. The molecule has 1 aromatic heterocycles. The predicted octanol–water partition coefficient (Wildman–Crippen LogP) is 3.05. The molecule has 1 N–H and O–H groups in total. The SMILES string of the molecule is COc1ccc([C@@H]2C(C(=O)c3ccco3)=C(O)C(=O)N2C[C@@H]2CCCO2)c(OC)c1. The van der Waals surface area contributed by atoms with E-state index in [1.807, 2.05) is 0 Å². The first-order valence-corrected chi connectivity index (χ1v) is 9.71. The molecule has 2 aliphatic heterocycles. The molecule has 1 aromatic carbocycles. The molecule has 8 heteroatoms. The van der Waals surface area contributed by atoms with Gasteiger partial charge in [0.2, 0.25) is 5.78 Å². The summed E-state index contributed by atoms with van der Waals surface area (Å²) in [5.41, 5.74) is 0.514. The summed E-state index contributed by atoms with van der Waals surface area (Å²) in [6, 6.07) is 7.35. The molecule has 1 fully saturated rings. The van der Waals surface area contributed by atoms with Gasteiger partial charge in [-0.1, -0.05) is 0 Å². The van der Waals surface area contributed by atoms with Crippen molar-refractivity contribution in [3.05, 3.63) is 59.3 Å². The zero-order valence-corrected chi connectivity index (χ0v) is 16.8. The van der Waals surface area contributed by atoms with Crippen LogP contribution in [-0.4, -0.2) is 55.2 Å². The lowest BCUT2D eigenvalue weighted by atomic mass is 9.94. The Labute approximate surface area is 173 Å². The van der Waals surface area contributed by atoms with Gasteiger partial charge in [0.05, 0.1) is 38.2 Å². The fourth-order valence-electron chi connectivity index (χ4n) is 3.99. The highest BCUT2D eigenvalue weighted by atomic mass is 16.5. The average Bonchev–Trinajstić information content (AvgIpc) is 3.52. The lowest BCUT2D eigenvalue weighted by Gasteiger charge is -2.29. The maximum Gasteiger partial charge on any atom is 0.290 e. The van der Waals surface area contributed by atoms with Gasteiger partial charge in [0.25, 0.3) is 5.91 Å². The number of carbonyl (C=O) groups is 2. The van der Waals surface area contributed by atoms with Crippen LogP contribution in [0.15, 0.2) is 52.3 Å². The number of methoxy groups -OCH3 is 2. The molecule has 2 aliphatic rings. The van der Waals surface area contributed by atoms with Gasteiger partial charge in [-0.25, -0.2) is 0 Å². The molecule has 0 bridgehead atoms. The fraction of sp³-hybridized carbons (Fsp3) is 0.364. The number of ketones is 1. The maximum atomic E-state index is 13.2. The zero-order valence-electron chi connectivity index (χ0n) is 16.8. The van der Waals surface area contributed by atoms with E-state index < -0.39 is 23.5 Å². The van der Waals surface area contributed by atoms with E-state index in [4.69, 9.17) is 18.6 Å². The summed E-state index contributed by atoms with van der Waals surface area (Å²) in [5.74, 6) is -0.716. The van der Waals surface area contributed by atoms with E-state index in [2.05, 4.69) is 0 Å². The standard InChI is InChI=1S/C22H23NO7/c1-27-13-7-8-15(17(11-13)28-2)19-18(20(24)16-6-4-10-30-16)21(25)22(26)23(19)12-14-5-3-9-29-14/h4,6-8,10-11,14,19,25H,3,5,9,12H2,1-2H3/t14-,19+/m0/s1. The lowest BCUT2D eigenvalue weighted by molar-refractivity contribution is -0.131.